The normalized spacial score (nSPS) is 10.3. The molecule has 0 saturated heterocycles. The van der Waals surface area contributed by atoms with Crippen molar-refractivity contribution in [2.24, 2.45) is 0 Å². The highest BCUT2D eigenvalue weighted by molar-refractivity contribution is 5.97. The number of anilines is 2. The molecule has 0 atom stereocenters. The van der Waals surface area contributed by atoms with Gasteiger partial charge >= 0.3 is 0 Å². The van der Waals surface area contributed by atoms with Crippen LogP contribution in [0.2, 0.25) is 0 Å². The highest BCUT2D eigenvalue weighted by Crippen LogP contribution is 2.20. The van der Waals surface area contributed by atoms with Crippen molar-refractivity contribution in [1.29, 1.82) is 0 Å². The number of benzene rings is 1. The number of carbonyl (C=O) groups is 2. The summed E-state index contributed by atoms with van der Waals surface area (Å²) in [5, 5.41) is 2.72. The third-order valence-electron chi connectivity index (χ3n) is 3.60. The van der Waals surface area contributed by atoms with Gasteiger partial charge in [-0.3, -0.25) is 9.59 Å². The zero-order valence-electron chi connectivity index (χ0n) is 14.5. The van der Waals surface area contributed by atoms with Gasteiger partial charge in [0, 0.05) is 45.0 Å². The molecule has 0 aromatic heterocycles. The number of amides is 2. The summed E-state index contributed by atoms with van der Waals surface area (Å²) in [6.45, 7) is 8.40. The lowest BCUT2D eigenvalue weighted by Crippen LogP contribution is -2.40. The molecule has 1 rings (SSSR count). The lowest BCUT2D eigenvalue weighted by molar-refractivity contribution is -0.123. The molecule has 0 aliphatic carbocycles. The molecule has 1 aromatic rings. The Morgan fingerprint density at radius 1 is 1.09 bits per heavy atom. The Bertz CT molecular complexity index is 498. The minimum absolute atomic E-state index is 0.00364. The third-order valence-corrected chi connectivity index (χ3v) is 3.60. The summed E-state index contributed by atoms with van der Waals surface area (Å²) in [7, 11) is 1.57. The van der Waals surface area contributed by atoms with Crippen molar-refractivity contribution in [2.75, 3.05) is 49.7 Å². The molecule has 0 aliphatic rings. The molecule has 23 heavy (non-hydrogen) atoms. The van der Waals surface area contributed by atoms with Crippen LogP contribution in [-0.2, 0) is 14.3 Å². The van der Waals surface area contributed by atoms with E-state index in [0.717, 1.165) is 24.5 Å². The maximum Gasteiger partial charge on any atom is 0.240 e. The summed E-state index contributed by atoms with van der Waals surface area (Å²) in [6, 6.07) is 7.69. The largest absolute Gasteiger partial charge is 0.383 e. The van der Waals surface area contributed by atoms with Gasteiger partial charge in [0.05, 0.1) is 6.61 Å². The average Bonchev–Trinajstić information content (AvgIpc) is 2.54. The zero-order valence-corrected chi connectivity index (χ0v) is 14.5. The first-order valence-electron chi connectivity index (χ1n) is 7.92. The van der Waals surface area contributed by atoms with E-state index in [1.165, 1.54) is 11.8 Å². The Morgan fingerprint density at radius 2 is 1.65 bits per heavy atom. The molecule has 0 spiro atoms. The molecule has 128 valence electrons. The van der Waals surface area contributed by atoms with Crippen LogP contribution in [0.5, 0.6) is 0 Å². The van der Waals surface area contributed by atoms with Gasteiger partial charge in [-0.2, -0.15) is 0 Å². The van der Waals surface area contributed by atoms with Crippen LogP contribution in [-0.4, -0.2) is 51.7 Å². The number of nitrogens with zero attached hydrogens (tertiary/aromatic N) is 2. The summed E-state index contributed by atoms with van der Waals surface area (Å²) in [5.41, 5.74) is 1.82. The van der Waals surface area contributed by atoms with E-state index >= 15 is 0 Å². The topological polar surface area (TPSA) is 61.9 Å². The van der Waals surface area contributed by atoms with Crippen LogP contribution in [0.4, 0.5) is 11.4 Å². The average molecular weight is 321 g/mol. The van der Waals surface area contributed by atoms with Crippen LogP contribution < -0.4 is 15.1 Å². The number of carbonyl (C=O) groups excluding carboxylic acids is 2. The molecule has 1 N–H and O–H groups in total. The monoisotopic (exact) mass is 321 g/mol. The molecule has 0 saturated carbocycles. The summed E-state index contributed by atoms with van der Waals surface area (Å²) >= 11 is 0. The molecular weight excluding hydrogens is 294 g/mol. The number of hydrogen-bond acceptors (Lipinski definition) is 4. The Morgan fingerprint density at radius 3 is 2.13 bits per heavy atom. The Labute approximate surface area is 138 Å². The second-order valence-electron chi connectivity index (χ2n) is 5.14. The predicted octanol–water partition coefficient (Wildman–Crippen LogP) is 1.65. The van der Waals surface area contributed by atoms with Crippen molar-refractivity contribution in [3.63, 3.8) is 0 Å². The van der Waals surface area contributed by atoms with Gasteiger partial charge in [-0.25, -0.2) is 0 Å². The second-order valence-corrected chi connectivity index (χ2v) is 5.14. The number of ether oxygens (including phenoxy) is 1. The molecule has 1 aromatic carbocycles. The zero-order chi connectivity index (χ0) is 17.2. The lowest BCUT2D eigenvalue weighted by Gasteiger charge is -2.24. The van der Waals surface area contributed by atoms with Crippen LogP contribution in [0.15, 0.2) is 24.3 Å². The maximum absolute atomic E-state index is 11.9. The quantitative estimate of drug-likeness (QED) is 0.703. The van der Waals surface area contributed by atoms with Crippen LogP contribution in [0.25, 0.3) is 0 Å². The molecule has 0 unspecified atom stereocenters. The van der Waals surface area contributed by atoms with E-state index in [9.17, 15) is 9.59 Å². The molecule has 0 radical (unpaired) electrons. The summed E-state index contributed by atoms with van der Waals surface area (Å²) in [4.78, 5) is 27.4. The number of methoxy groups -OCH3 is 1. The first-order valence-corrected chi connectivity index (χ1v) is 7.92. The standard InChI is InChI=1S/C17H27N3O3/c1-5-19(6-2)15-7-9-16(10-8-15)20(14(3)21)13-17(22)18-11-12-23-4/h7-10H,5-6,11-13H2,1-4H3,(H,18,22). The fourth-order valence-corrected chi connectivity index (χ4v) is 2.31. The van der Waals surface area contributed by atoms with E-state index in [-0.39, 0.29) is 18.4 Å². The highest BCUT2D eigenvalue weighted by atomic mass is 16.5. The summed E-state index contributed by atoms with van der Waals surface area (Å²) in [5.74, 6) is -0.368. The number of nitrogens with one attached hydrogen (secondary N) is 1. The maximum atomic E-state index is 11.9. The van der Waals surface area contributed by atoms with Gasteiger partial charge in [0.2, 0.25) is 11.8 Å². The molecule has 0 heterocycles. The first-order chi connectivity index (χ1) is 11.0. The first kappa shape index (κ1) is 19.0. The number of rotatable bonds is 9. The molecule has 6 heteroatoms. The molecular formula is C17H27N3O3. The third kappa shape index (κ3) is 5.90. The number of hydrogen-bond donors (Lipinski definition) is 1. The molecule has 0 fully saturated rings. The van der Waals surface area contributed by atoms with Gasteiger partial charge in [0.25, 0.3) is 0 Å². The summed E-state index contributed by atoms with van der Waals surface area (Å²) in [6.07, 6.45) is 0. The van der Waals surface area contributed by atoms with Gasteiger partial charge in [0.1, 0.15) is 6.54 Å². The SMILES string of the molecule is CCN(CC)c1ccc(N(CC(=O)NCCOC)C(C)=O)cc1. The summed E-state index contributed by atoms with van der Waals surface area (Å²) < 4.78 is 4.89. The van der Waals surface area contributed by atoms with E-state index < -0.39 is 0 Å². The second kappa shape index (κ2) is 9.84. The molecule has 6 nitrogen and oxygen atoms in total. The van der Waals surface area contributed by atoms with E-state index in [2.05, 4.69) is 24.1 Å². The predicted molar refractivity (Wildman–Crippen MR) is 92.9 cm³/mol. The van der Waals surface area contributed by atoms with Crippen molar-refractivity contribution in [3.05, 3.63) is 24.3 Å². The lowest BCUT2D eigenvalue weighted by atomic mass is 10.2. The van der Waals surface area contributed by atoms with Crippen LogP contribution in [0.3, 0.4) is 0 Å². The minimum atomic E-state index is -0.204. The smallest absolute Gasteiger partial charge is 0.240 e. The van der Waals surface area contributed by atoms with E-state index in [0.29, 0.717) is 13.2 Å². The van der Waals surface area contributed by atoms with E-state index in [1.54, 1.807) is 7.11 Å². The fourth-order valence-electron chi connectivity index (χ4n) is 2.31. The van der Waals surface area contributed by atoms with E-state index in [4.69, 9.17) is 4.74 Å². The van der Waals surface area contributed by atoms with Crippen LogP contribution >= 0.6 is 0 Å². The van der Waals surface area contributed by atoms with Crippen LogP contribution in [0, 0.1) is 0 Å². The Balaban J connectivity index is 2.77. The van der Waals surface area contributed by atoms with Gasteiger partial charge in [-0.05, 0) is 38.1 Å². The Kier molecular flexibility index (Phi) is 8.11. The van der Waals surface area contributed by atoms with Crippen LogP contribution in [0.1, 0.15) is 20.8 Å². The molecule has 0 aliphatic heterocycles. The van der Waals surface area contributed by atoms with Crippen molar-refractivity contribution in [1.82, 2.24) is 5.32 Å². The van der Waals surface area contributed by atoms with E-state index in [1.807, 2.05) is 24.3 Å². The van der Waals surface area contributed by atoms with Gasteiger partial charge in [0.15, 0.2) is 0 Å². The van der Waals surface area contributed by atoms with Crippen molar-refractivity contribution in [2.45, 2.75) is 20.8 Å². The van der Waals surface area contributed by atoms with Gasteiger partial charge in [-0.15, -0.1) is 0 Å². The molecule has 2 amide bonds. The fraction of sp³-hybridized carbons (Fsp3) is 0.529. The van der Waals surface area contributed by atoms with Crippen molar-refractivity contribution < 1.29 is 14.3 Å². The minimum Gasteiger partial charge on any atom is -0.383 e. The Hall–Kier alpha value is -2.08. The van der Waals surface area contributed by atoms with Gasteiger partial charge in [-0.1, -0.05) is 0 Å². The van der Waals surface area contributed by atoms with Crippen molar-refractivity contribution >= 4 is 23.2 Å². The van der Waals surface area contributed by atoms with Crippen molar-refractivity contribution in [3.8, 4) is 0 Å². The van der Waals surface area contributed by atoms with Gasteiger partial charge < -0.3 is 19.9 Å². The highest BCUT2D eigenvalue weighted by Gasteiger charge is 2.15. The molecule has 0 bridgehead atoms.